The zero-order valence-corrected chi connectivity index (χ0v) is 11.7. The molecule has 96 valence electrons. The number of nitrogens with two attached hydrogens (primary N) is 1. The minimum Gasteiger partial charge on any atom is -0.398 e. The predicted molar refractivity (Wildman–Crippen MR) is 72.5 cm³/mol. The van der Waals surface area contributed by atoms with E-state index in [2.05, 4.69) is 15.9 Å². The van der Waals surface area contributed by atoms with Crippen molar-refractivity contribution < 1.29 is 9.59 Å². The maximum Gasteiger partial charge on any atom is 0.229 e. The molecule has 1 heterocycles. The zero-order valence-electron chi connectivity index (χ0n) is 10.1. The molecule has 0 saturated carbocycles. The summed E-state index contributed by atoms with van der Waals surface area (Å²) in [7, 11) is 0. The SMILES string of the molecule is CC1CC(=O)N(Cc2c(N)cccc2Br)C(=O)C1. The van der Waals surface area contributed by atoms with Gasteiger partial charge >= 0.3 is 0 Å². The summed E-state index contributed by atoms with van der Waals surface area (Å²) in [5.41, 5.74) is 7.25. The van der Waals surface area contributed by atoms with Crippen LogP contribution in [0.5, 0.6) is 0 Å². The van der Waals surface area contributed by atoms with E-state index in [1.807, 2.05) is 19.1 Å². The number of piperidine rings is 1. The van der Waals surface area contributed by atoms with Crippen molar-refractivity contribution in [2.75, 3.05) is 5.73 Å². The van der Waals surface area contributed by atoms with Crippen LogP contribution in [0.2, 0.25) is 0 Å². The Morgan fingerprint density at radius 2 is 1.94 bits per heavy atom. The first-order chi connectivity index (χ1) is 8.49. The molecule has 2 N–H and O–H groups in total. The Balaban J connectivity index is 2.23. The minimum atomic E-state index is -0.117. The third kappa shape index (κ3) is 2.56. The van der Waals surface area contributed by atoms with Gasteiger partial charge in [0.05, 0.1) is 6.54 Å². The molecule has 4 nitrogen and oxygen atoms in total. The number of carbonyl (C=O) groups excluding carboxylic acids is 2. The Kier molecular flexibility index (Phi) is 3.71. The highest BCUT2D eigenvalue weighted by molar-refractivity contribution is 9.10. The normalized spacial score (nSPS) is 17.3. The van der Waals surface area contributed by atoms with Crippen molar-refractivity contribution in [3.05, 3.63) is 28.2 Å². The van der Waals surface area contributed by atoms with E-state index in [0.717, 1.165) is 10.0 Å². The van der Waals surface area contributed by atoms with E-state index in [-0.39, 0.29) is 24.3 Å². The lowest BCUT2D eigenvalue weighted by atomic mass is 9.97. The number of nitrogens with zero attached hydrogens (tertiary/aromatic N) is 1. The molecule has 0 radical (unpaired) electrons. The van der Waals surface area contributed by atoms with Gasteiger partial charge in [0.1, 0.15) is 0 Å². The molecule has 2 rings (SSSR count). The lowest BCUT2D eigenvalue weighted by Crippen LogP contribution is -2.42. The van der Waals surface area contributed by atoms with Crippen LogP contribution in [-0.4, -0.2) is 16.7 Å². The van der Waals surface area contributed by atoms with E-state index >= 15 is 0 Å². The highest BCUT2D eigenvalue weighted by Crippen LogP contribution is 2.27. The summed E-state index contributed by atoms with van der Waals surface area (Å²) >= 11 is 3.40. The molecule has 18 heavy (non-hydrogen) atoms. The quantitative estimate of drug-likeness (QED) is 0.673. The molecule has 1 aliphatic rings. The monoisotopic (exact) mass is 310 g/mol. The topological polar surface area (TPSA) is 63.4 Å². The highest BCUT2D eigenvalue weighted by atomic mass is 79.9. The first-order valence-corrected chi connectivity index (χ1v) is 6.64. The summed E-state index contributed by atoms with van der Waals surface area (Å²) in [6, 6.07) is 5.44. The second-order valence-electron chi connectivity index (χ2n) is 4.69. The third-order valence-corrected chi connectivity index (χ3v) is 3.86. The molecule has 0 aromatic heterocycles. The number of rotatable bonds is 2. The van der Waals surface area contributed by atoms with Crippen molar-refractivity contribution in [3.8, 4) is 0 Å². The number of likely N-dealkylation sites (tertiary alicyclic amines) is 1. The van der Waals surface area contributed by atoms with Gasteiger partial charge in [-0.25, -0.2) is 0 Å². The zero-order chi connectivity index (χ0) is 13.3. The fourth-order valence-corrected chi connectivity index (χ4v) is 2.61. The summed E-state index contributed by atoms with van der Waals surface area (Å²) in [5, 5.41) is 0. The number of nitrogen functional groups attached to an aromatic ring is 1. The number of hydrogen-bond acceptors (Lipinski definition) is 3. The van der Waals surface area contributed by atoms with Gasteiger partial charge in [0.15, 0.2) is 0 Å². The van der Waals surface area contributed by atoms with Crippen LogP contribution < -0.4 is 5.73 Å². The van der Waals surface area contributed by atoms with E-state index < -0.39 is 0 Å². The number of carbonyl (C=O) groups is 2. The van der Waals surface area contributed by atoms with Gasteiger partial charge in [-0.05, 0) is 18.1 Å². The molecule has 0 atom stereocenters. The Bertz CT molecular complexity index is 464. The van der Waals surface area contributed by atoms with Crippen molar-refractivity contribution in [1.82, 2.24) is 4.90 Å². The van der Waals surface area contributed by atoms with Crippen molar-refractivity contribution in [1.29, 1.82) is 0 Å². The van der Waals surface area contributed by atoms with E-state index in [4.69, 9.17) is 5.73 Å². The molecule has 0 unspecified atom stereocenters. The number of benzene rings is 1. The smallest absolute Gasteiger partial charge is 0.229 e. The van der Waals surface area contributed by atoms with Gasteiger partial charge in [0.25, 0.3) is 0 Å². The van der Waals surface area contributed by atoms with E-state index in [0.29, 0.717) is 18.5 Å². The average Bonchev–Trinajstić information content (AvgIpc) is 2.26. The summed E-state index contributed by atoms with van der Waals surface area (Å²) in [6.07, 6.45) is 0.853. The first-order valence-electron chi connectivity index (χ1n) is 5.85. The maximum atomic E-state index is 11.9. The average molecular weight is 311 g/mol. The number of amides is 2. The molecule has 2 amide bonds. The van der Waals surface area contributed by atoms with Crippen molar-refractivity contribution >= 4 is 33.4 Å². The van der Waals surface area contributed by atoms with Gasteiger partial charge in [-0.1, -0.05) is 28.9 Å². The summed E-state index contributed by atoms with van der Waals surface area (Å²) in [4.78, 5) is 25.1. The molecule has 1 aliphatic heterocycles. The van der Waals surface area contributed by atoms with Crippen LogP contribution in [0.15, 0.2) is 22.7 Å². The van der Waals surface area contributed by atoms with Crippen LogP contribution in [0.1, 0.15) is 25.3 Å². The molecule has 0 bridgehead atoms. The Labute approximate surface area is 114 Å². The summed E-state index contributed by atoms with van der Waals surface area (Å²) in [6.45, 7) is 2.16. The molecule has 1 aromatic rings. The molecular formula is C13H15BrN2O2. The van der Waals surface area contributed by atoms with Crippen LogP contribution in [0.3, 0.4) is 0 Å². The van der Waals surface area contributed by atoms with E-state index in [1.165, 1.54) is 4.90 Å². The van der Waals surface area contributed by atoms with Gasteiger partial charge in [-0.3, -0.25) is 14.5 Å². The molecule has 1 aromatic carbocycles. The molecular weight excluding hydrogens is 296 g/mol. The van der Waals surface area contributed by atoms with Crippen LogP contribution >= 0.6 is 15.9 Å². The molecule has 0 spiro atoms. The number of imide groups is 1. The second-order valence-corrected chi connectivity index (χ2v) is 5.55. The second kappa shape index (κ2) is 5.10. The van der Waals surface area contributed by atoms with E-state index in [9.17, 15) is 9.59 Å². The van der Waals surface area contributed by atoms with Crippen molar-refractivity contribution in [3.63, 3.8) is 0 Å². The predicted octanol–water partition coefficient (Wildman–Crippen LogP) is 2.32. The summed E-state index contributed by atoms with van der Waals surface area (Å²) < 4.78 is 0.821. The Morgan fingerprint density at radius 1 is 1.33 bits per heavy atom. The standard InChI is InChI=1S/C13H15BrN2O2/c1-8-5-12(17)16(13(18)6-8)7-9-10(14)3-2-4-11(9)15/h2-4,8H,5-7,15H2,1H3. The summed E-state index contributed by atoms with van der Waals surface area (Å²) in [5.74, 6) is -0.0967. The van der Waals surface area contributed by atoms with Gasteiger partial charge in [-0.2, -0.15) is 0 Å². The van der Waals surface area contributed by atoms with Crippen LogP contribution in [0, 0.1) is 5.92 Å². The molecule has 1 fully saturated rings. The molecule has 0 aliphatic carbocycles. The Hall–Kier alpha value is -1.36. The van der Waals surface area contributed by atoms with Crippen molar-refractivity contribution in [2.45, 2.75) is 26.3 Å². The van der Waals surface area contributed by atoms with Gasteiger partial charge in [0.2, 0.25) is 11.8 Å². The lowest BCUT2D eigenvalue weighted by Gasteiger charge is -2.29. The van der Waals surface area contributed by atoms with Gasteiger partial charge < -0.3 is 5.73 Å². The Morgan fingerprint density at radius 3 is 2.50 bits per heavy atom. The van der Waals surface area contributed by atoms with Crippen LogP contribution in [0.25, 0.3) is 0 Å². The third-order valence-electron chi connectivity index (χ3n) is 3.12. The molecule has 1 saturated heterocycles. The molecule has 5 heteroatoms. The number of anilines is 1. The van der Waals surface area contributed by atoms with Crippen LogP contribution in [-0.2, 0) is 16.1 Å². The van der Waals surface area contributed by atoms with Crippen molar-refractivity contribution in [2.24, 2.45) is 5.92 Å². The maximum absolute atomic E-state index is 11.9. The largest absolute Gasteiger partial charge is 0.398 e. The minimum absolute atomic E-state index is 0.117. The van der Waals surface area contributed by atoms with Gasteiger partial charge in [-0.15, -0.1) is 0 Å². The fraction of sp³-hybridized carbons (Fsp3) is 0.385. The van der Waals surface area contributed by atoms with Gasteiger partial charge in [0, 0.05) is 28.6 Å². The number of hydrogen-bond donors (Lipinski definition) is 1. The highest BCUT2D eigenvalue weighted by Gasteiger charge is 2.30. The number of halogens is 1. The first kappa shape index (κ1) is 13.1. The van der Waals surface area contributed by atoms with Crippen LogP contribution in [0.4, 0.5) is 5.69 Å². The lowest BCUT2D eigenvalue weighted by molar-refractivity contribution is -0.150. The fourth-order valence-electron chi connectivity index (χ4n) is 2.10. The van der Waals surface area contributed by atoms with E-state index in [1.54, 1.807) is 6.07 Å².